The first kappa shape index (κ1) is 22.9. The molecule has 0 unspecified atom stereocenters. The molecule has 30 heavy (non-hydrogen) atoms. The lowest BCUT2D eigenvalue weighted by Crippen LogP contribution is -2.14. The van der Waals surface area contributed by atoms with Crippen LogP contribution in [0, 0.1) is 21.4 Å². The fourth-order valence-corrected chi connectivity index (χ4v) is 2.63. The normalized spacial score (nSPS) is 11.0. The van der Waals surface area contributed by atoms with Crippen molar-refractivity contribution >= 4 is 46.6 Å². The Balaban J connectivity index is 2.49. The minimum absolute atomic E-state index is 0.0333. The zero-order valence-electron chi connectivity index (χ0n) is 15.0. The van der Waals surface area contributed by atoms with Crippen LogP contribution in [-0.2, 0) is 4.79 Å². The van der Waals surface area contributed by atoms with E-state index in [1.807, 2.05) is 0 Å². The highest BCUT2D eigenvalue weighted by atomic mass is 35.5. The lowest BCUT2D eigenvalue weighted by molar-refractivity contribution is -0.385. The van der Waals surface area contributed by atoms with Crippen molar-refractivity contribution in [3.63, 3.8) is 0 Å². The van der Waals surface area contributed by atoms with Crippen LogP contribution in [0.5, 0.6) is 11.5 Å². The summed E-state index contributed by atoms with van der Waals surface area (Å²) in [7, 11) is 1.13. The summed E-state index contributed by atoms with van der Waals surface area (Å²) < 4.78 is 34.2. The van der Waals surface area contributed by atoms with Crippen molar-refractivity contribution < 1.29 is 28.0 Å². The maximum atomic E-state index is 12.5. The summed E-state index contributed by atoms with van der Waals surface area (Å²) in [6.07, 6.45) is 0.903. The monoisotopic (exact) mass is 457 g/mol. The molecular weight excluding hydrogens is 447 g/mol. The van der Waals surface area contributed by atoms with Gasteiger partial charge in [-0.15, -0.1) is 0 Å². The molecule has 2 rings (SSSR count). The summed E-state index contributed by atoms with van der Waals surface area (Å²) in [6, 6.07) is 7.74. The Morgan fingerprint density at radius 3 is 2.60 bits per heavy atom. The maximum absolute atomic E-state index is 12.5. The van der Waals surface area contributed by atoms with Gasteiger partial charge in [-0.3, -0.25) is 14.9 Å². The third kappa shape index (κ3) is 5.34. The van der Waals surface area contributed by atoms with E-state index in [2.05, 4.69) is 10.1 Å². The highest BCUT2D eigenvalue weighted by Crippen LogP contribution is 2.37. The molecule has 1 amide bonds. The van der Waals surface area contributed by atoms with Crippen LogP contribution in [0.1, 0.15) is 5.56 Å². The van der Waals surface area contributed by atoms with Crippen LogP contribution in [0.2, 0.25) is 10.0 Å². The van der Waals surface area contributed by atoms with Crippen molar-refractivity contribution in [1.82, 2.24) is 0 Å². The number of carbonyl (C=O) groups is 1. The summed E-state index contributed by atoms with van der Waals surface area (Å²) >= 11 is 11.8. The van der Waals surface area contributed by atoms with E-state index >= 15 is 0 Å². The Hall–Kier alpha value is -3.42. The molecule has 0 spiro atoms. The molecule has 12 heteroatoms. The number of nitrogens with one attached hydrogen (secondary N) is 1. The molecule has 0 saturated carbocycles. The summed E-state index contributed by atoms with van der Waals surface area (Å²) in [4.78, 5) is 22.9. The second-order valence-electron chi connectivity index (χ2n) is 5.42. The fraction of sp³-hybridized carbons (Fsp3) is 0.111. The number of amides is 1. The average Bonchev–Trinajstić information content (AvgIpc) is 2.69. The standard InChI is InChI=1S/C18H11Cl2F2N3O5/c1-29-14-6-9(13(25(27)28)7-15(14)30-18(21)22)5-10(8-23)17(26)24-12-4-2-3-11(19)16(12)20/h2-7,18H,1H3,(H,24,26)/b10-5+. The third-order valence-corrected chi connectivity index (χ3v) is 4.41. The van der Waals surface area contributed by atoms with Crippen LogP contribution in [0.3, 0.4) is 0 Å². The van der Waals surface area contributed by atoms with Gasteiger partial charge < -0.3 is 14.8 Å². The number of methoxy groups -OCH3 is 1. The van der Waals surface area contributed by atoms with Crippen LogP contribution >= 0.6 is 23.2 Å². The van der Waals surface area contributed by atoms with Crippen LogP contribution in [0.15, 0.2) is 35.9 Å². The summed E-state index contributed by atoms with van der Waals surface area (Å²) in [5.74, 6) is -1.77. The largest absolute Gasteiger partial charge is 0.493 e. The Morgan fingerprint density at radius 1 is 1.33 bits per heavy atom. The van der Waals surface area contributed by atoms with Gasteiger partial charge in [-0.05, 0) is 24.3 Å². The van der Waals surface area contributed by atoms with Gasteiger partial charge in [-0.2, -0.15) is 14.0 Å². The number of benzene rings is 2. The van der Waals surface area contributed by atoms with Crippen LogP contribution in [0.4, 0.5) is 20.2 Å². The van der Waals surface area contributed by atoms with Crippen LogP contribution in [-0.4, -0.2) is 24.6 Å². The number of rotatable bonds is 7. The lowest BCUT2D eigenvalue weighted by Gasteiger charge is -2.11. The van der Waals surface area contributed by atoms with E-state index < -0.39 is 34.5 Å². The Labute approximate surface area is 178 Å². The molecule has 0 aliphatic heterocycles. The number of halogens is 4. The first-order valence-corrected chi connectivity index (χ1v) is 8.62. The van der Waals surface area contributed by atoms with Gasteiger partial charge in [0.1, 0.15) is 11.6 Å². The van der Waals surface area contributed by atoms with Crippen molar-refractivity contribution in [2.75, 3.05) is 12.4 Å². The fourth-order valence-electron chi connectivity index (χ4n) is 2.28. The van der Waals surface area contributed by atoms with Crippen LogP contribution < -0.4 is 14.8 Å². The number of nitrogens with zero attached hydrogens (tertiary/aromatic N) is 2. The number of nitriles is 1. The van der Waals surface area contributed by atoms with Gasteiger partial charge in [-0.1, -0.05) is 29.3 Å². The van der Waals surface area contributed by atoms with E-state index in [1.54, 1.807) is 6.07 Å². The highest BCUT2D eigenvalue weighted by molar-refractivity contribution is 6.44. The second-order valence-corrected chi connectivity index (χ2v) is 6.21. The summed E-state index contributed by atoms with van der Waals surface area (Å²) in [5, 5.41) is 23.2. The van der Waals surface area contributed by atoms with E-state index in [4.69, 9.17) is 27.9 Å². The molecule has 0 aliphatic rings. The molecule has 2 aromatic carbocycles. The molecule has 0 heterocycles. The number of nitro groups is 1. The number of ether oxygens (including phenoxy) is 2. The van der Waals surface area contributed by atoms with Gasteiger partial charge in [-0.25, -0.2) is 0 Å². The first-order chi connectivity index (χ1) is 14.2. The highest BCUT2D eigenvalue weighted by Gasteiger charge is 2.22. The van der Waals surface area contributed by atoms with Crippen molar-refractivity contribution in [1.29, 1.82) is 5.26 Å². The molecule has 1 N–H and O–H groups in total. The lowest BCUT2D eigenvalue weighted by atomic mass is 10.1. The number of carbonyl (C=O) groups excluding carboxylic acids is 1. The van der Waals surface area contributed by atoms with Crippen LogP contribution in [0.25, 0.3) is 6.08 Å². The minimum atomic E-state index is -3.25. The zero-order valence-corrected chi connectivity index (χ0v) is 16.5. The van der Waals surface area contributed by atoms with Gasteiger partial charge in [0.2, 0.25) is 0 Å². The molecule has 0 bridgehead atoms. The molecule has 0 aromatic heterocycles. The summed E-state index contributed by atoms with van der Waals surface area (Å²) in [5.41, 5.74) is -1.35. The predicted molar refractivity (Wildman–Crippen MR) is 105 cm³/mol. The van der Waals surface area contributed by atoms with E-state index in [0.29, 0.717) is 6.07 Å². The number of hydrogen-bond donors (Lipinski definition) is 1. The number of hydrogen-bond acceptors (Lipinski definition) is 6. The molecule has 156 valence electrons. The maximum Gasteiger partial charge on any atom is 0.387 e. The van der Waals surface area contributed by atoms with E-state index in [1.165, 1.54) is 18.2 Å². The van der Waals surface area contributed by atoms with E-state index in [-0.39, 0.29) is 27.0 Å². The number of anilines is 1. The minimum Gasteiger partial charge on any atom is -0.493 e. The van der Waals surface area contributed by atoms with Crippen molar-refractivity contribution in [3.05, 3.63) is 61.6 Å². The first-order valence-electron chi connectivity index (χ1n) is 7.86. The van der Waals surface area contributed by atoms with Crippen molar-refractivity contribution in [2.45, 2.75) is 6.61 Å². The SMILES string of the molecule is COc1cc(/C=C(\C#N)C(=O)Nc2cccc(Cl)c2Cl)c([N+](=O)[O-])cc1OC(F)F. The molecule has 0 saturated heterocycles. The zero-order chi connectivity index (χ0) is 22.4. The number of nitro benzene ring substituents is 1. The predicted octanol–water partition coefficient (Wildman–Crippen LogP) is 5.06. The van der Waals surface area contributed by atoms with Crippen molar-refractivity contribution in [2.24, 2.45) is 0 Å². The molecule has 0 radical (unpaired) electrons. The van der Waals surface area contributed by atoms with Gasteiger partial charge in [0.15, 0.2) is 11.5 Å². The van der Waals surface area contributed by atoms with Gasteiger partial charge >= 0.3 is 6.61 Å². The number of alkyl halides is 2. The smallest absolute Gasteiger partial charge is 0.387 e. The van der Waals surface area contributed by atoms with Gasteiger partial charge in [0.05, 0.1) is 39.4 Å². The molecular formula is C18H11Cl2F2N3O5. The topological polar surface area (TPSA) is 114 Å². The summed E-state index contributed by atoms with van der Waals surface area (Å²) in [6.45, 7) is -3.25. The Bertz CT molecular complexity index is 1070. The van der Waals surface area contributed by atoms with Gasteiger partial charge in [0.25, 0.3) is 11.6 Å². The van der Waals surface area contributed by atoms with E-state index in [9.17, 15) is 29.0 Å². The molecule has 2 aromatic rings. The molecule has 0 atom stereocenters. The second kappa shape index (κ2) is 9.87. The quantitative estimate of drug-likeness (QED) is 0.269. The van der Waals surface area contributed by atoms with Crippen molar-refractivity contribution in [3.8, 4) is 17.6 Å². The molecule has 0 aliphatic carbocycles. The van der Waals surface area contributed by atoms with E-state index in [0.717, 1.165) is 19.3 Å². The average molecular weight is 458 g/mol. The third-order valence-electron chi connectivity index (χ3n) is 3.59. The Kier molecular flexibility index (Phi) is 7.52. The van der Waals surface area contributed by atoms with Gasteiger partial charge in [0, 0.05) is 0 Å². The molecule has 0 fully saturated rings. The molecule has 8 nitrogen and oxygen atoms in total. The Morgan fingerprint density at radius 2 is 2.03 bits per heavy atom.